The number of nitrogens with one attached hydrogen (secondary N) is 1. The summed E-state index contributed by atoms with van der Waals surface area (Å²) in [6.45, 7) is 0.692. The molecular weight excluding hydrogens is 364 g/mol. The average molecular weight is 382 g/mol. The van der Waals surface area contributed by atoms with Gasteiger partial charge in [0.15, 0.2) is 11.5 Å². The molecule has 2 aliphatic heterocycles. The molecule has 2 heterocycles. The van der Waals surface area contributed by atoms with E-state index in [0.29, 0.717) is 35.3 Å². The Morgan fingerprint density at radius 3 is 3.07 bits per heavy atom. The zero-order valence-corrected chi connectivity index (χ0v) is 15.1. The van der Waals surface area contributed by atoms with Crippen molar-refractivity contribution >= 4 is 29.3 Å². The fourth-order valence-electron chi connectivity index (χ4n) is 3.05. The highest BCUT2D eigenvalue weighted by Gasteiger charge is 2.34. The van der Waals surface area contributed by atoms with Crippen LogP contribution in [0.15, 0.2) is 52.5 Å². The number of carbonyl (C=O) groups is 2. The molecule has 0 saturated heterocycles. The van der Waals surface area contributed by atoms with Crippen LogP contribution < -0.4 is 14.8 Å². The third-order valence-electron chi connectivity index (χ3n) is 4.37. The van der Waals surface area contributed by atoms with Crippen LogP contribution in [0.3, 0.4) is 0 Å². The Balaban J connectivity index is 1.59. The van der Waals surface area contributed by atoms with E-state index in [-0.39, 0.29) is 19.3 Å². The molecule has 0 saturated carbocycles. The van der Waals surface area contributed by atoms with Gasteiger partial charge >= 0.3 is 12.1 Å². The highest BCUT2D eigenvalue weighted by molar-refractivity contribution is 6.24. The van der Waals surface area contributed by atoms with Crippen molar-refractivity contribution in [1.82, 2.24) is 4.90 Å². The summed E-state index contributed by atoms with van der Waals surface area (Å²) in [6.07, 6.45) is 7.20. The molecule has 0 bridgehead atoms. The third-order valence-corrected chi connectivity index (χ3v) is 4.37. The summed E-state index contributed by atoms with van der Waals surface area (Å²) in [4.78, 5) is 34.6. The van der Waals surface area contributed by atoms with E-state index in [4.69, 9.17) is 14.2 Å². The maximum absolute atomic E-state index is 12.6. The van der Waals surface area contributed by atoms with E-state index in [1.54, 1.807) is 30.4 Å². The number of carbonyl (C=O) groups excluding carboxylic acids is 2. The summed E-state index contributed by atoms with van der Waals surface area (Å²) in [6, 6.07) is 3.98. The smallest absolute Gasteiger partial charge is 0.349 e. The molecule has 0 radical (unpaired) electrons. The number of ether oxygens (including phenoxy) is 3. The average Bonchev–Trinajstić information content (AvgIpc) is 3.15. The molecular formula is C19H18N4O5. The number of anilines is 1. The van der Waals surface area contributed by atoms with E-state index >= 15 is 0 Å². The van der Waals surface area contributed by atoms with Gasteiger partial charge < -0.3 is 19.5 Å². The molecule has 3 aliphatic rings. The highest BCUT2D eigenvalue weighted by atomic mass is 16.7. The van der Waals surface area contributed by atoms with Gasteiger partial charge in [-0.25, -0.2) is 9.59 Å². The lowest BCUT2D eigenvalue weighted by atomic mass is 9.95. The van der Waals surface area contributed by atoms with Crippen LogP contribution in [0, 0.1) is 5.92 Å². The van der Waals surface area contributed by atoms with E-state index in [0.717, 1.165) is 0 Å². The number of hydrogen-bond acceptors (Lipinski definition) is 5. The zero-order valence-electron chi connectivity index (χ0n) is 15.1. The Morgan fingerprint density at radius 1 is 1.36 bits per heavy atom. The van der Waals surface area contributed by atoms with Crippen LogP contribution in [-0.2, 0) is 4.74 Å². The standard InChI is InChI=1S/C19H18N4O5/c1-26-9-8-23-17(13-4-2-3-5-14(13)21-19(23)25)22-18(24)20-12-6-7-15-16(10-12)28-11-27-15/h2-7,10,13H,8-9,11H2,1H3,(H,20,24)/b22-17-. The number of aliphatic imine (C=N–C) groups is 2. The van der Waals surface area contributed by atoms with Crippen LogP contribution in [-0.4, -0.2) is 55.6 Å². The number of allylic oxidation sites excluding steroid dienone is 3. The molecule has 9 nitrogen and oxygen atoms in total. The van der Waals surface area contributed by atoms with Crippen LogP contribution in [0.4, 0.5) is 15.3 Å². The van der Waals surface area contributed by atoms with Gasteiger partial charge in [-0.05, 0) is 18.2 Å². The first kappa shape index (κ1) is 17.9. The normalized spacial score (nSPS) is 21.0. The predicted octanol–water partition coefficient (Wildman–Crippen LogP) is 2.61. The molecule has 9 heteroatoms. The van der Waals surface area contributed by atoms with E-state index in [9.17, 15) is 9.59 Å². The van der Waals surface area contributed by atoms with Crippen molar-refractivity contribution in [2.45, 2.75) is 0 Å². The number of fused-ring (bicyclic) bond motifs is 2. The Bertz CT molecular complexity index is 934. The monoisotopic (exact) mass is 382 g/mol. The maximum Gasteiger partial charge on any atom is 0.349 e. The fraction of sp³-hybridized carbons (Fsp3) is 0.263. The first-order valence-corrected chi connectivity index (χ1v) is 8.69. The third kappa shape index (κ3) is 3.52. The molecule has 0 spiro atoms. The second-order valence-electron chi connectivity index (χ2n) is 6.15. The summed E-state index contributed by atoms with van der Waals surface area (Å²) in [5, 5.41) is 2.69. The van der Waals surface area contributed by atoms with Crippen molar-refractivity contribution in [1.29, 1.82) is 0 Å². The molecule has 1 atom stereocenters. The molecule has 0 aromatic heterocycles. The number of methoxy groups -OCH3 is 1. The summed E-state index contributed by atoms with van der Waals surface area (Å²) in [5.74, 6) is 1.11. The summed E-state index contributed by atoms with van der Waals surface area (Å²) in [7, 11) is 1.54. The number of nitrogens with zero attached hydrogens (tertiary/aromatic N) is 3. The molecule has 28 heavy (non-hydrogen) atoms. The predicted molar refractivity (Wildman–Crippen MR) is 102 cm³/mol. The Labute approximate surface area is 161 Å². The second-order valence-corrected chi connectivity index (χ2v) is 6.15. The van der Waals surface area contributed by atoms with E-state index in [1.807, 2.05) is 12.2 Å². The molecule has 1 N–H and O–H groups in total. The largest absolute Gasteiger partial charge is 0.454 e. The minimum atomic E-state index is -0.603. The first-order chi connectivity index (χ1) is 13.7. The highest BCUT2D eigenvalue weighted by Crippen LogP contribution is 2.34. The van der Waals surface area contributed by atoms with Gasteiger partial charge in [-0.15, -0.1) is 0 Å². The minimum absolute atomic E-state index is 0.148. The lowest BCUT2D eigenvalue weighted by Gasteiger charge is -2.31. The molecule has 1 aromatic rings. The van der Waals surface area contributed by atoms with Crippen LogP contribution >= 0.6 is 0 Å². The van der Waals surface area contributed by atoms with Gasteiger partial charge in [-0.2, -0.15) is 9.98 Å². The van der Waals surface area contributed by atoms with Crippen molar-refractivity contribution in [2.24, 2.45) is 15.9 Å². The number of urea groups is 2. The van der Waals surface area contributed by atoms with Crippen molar-refractivity contribution in [3.8, 4) is 11.5 Å². The molecule has 1 unspecified atom stereocenters. The lowest BCUT2D eigenvalue weighted by Crippen LogP contribution is -2.48. The van der Waals surface area contributed by atoms with E-state index in [1.165, 1.54) is 12.0 Å². The Morgan fingerprint density at radius 2 is 2.21 bits per heavy atom. The van der Waals surface area contributed by atoms with Crippen LogP contribution in [0.1, 0.15) is 0 Å². The summed E-state index contributed by atoms with van der Waals surface area (Å²) < 4.78 is 15.6. The molecule has 4 amide bonds. The van der Waals surface area contributed by atoms with E-state index in [2.05, 4.69) is 15.3 Å². The van der Waals surface area contributed by atoms with Gasteiger partial charge in [-0.1, -0.05) is 18.2 Å². The number of amidine groups is 1. The topological polar surface area (TPSA) is 102 Å². The van der Waals surface area contributed by atoms with Gasteiger partial charge in [0.05, 0.1) is 24.8 Å². The lowest BCUT2D eigenvalue weighted by molar-refractivity contribution is 0.173. The van der Waals surface area contributed by atoms with Crippen LogP contribution in [0.25, 0.3) is 0 Å². The molecule has 144 valence electrons. The molecule has 1 aromatic carbocycles. The number of benzene rings is 1. The van der Waals surface area contributed by atoms with Gasteiger partial charge in [0.1, 0.15) is 5.84 Å². The van der Waals surface area contributed by atoms with Crippen molar-refractivity contribution in [3.63, 3.8) is 0 Å². The first-order valence-electron chi connectivity index (χ1n) is 8.69. The quantitative estimate of drug-likeness (QED) is 0.862. The fourth-order valence-corrected chi connectivity index (χ4v) is 3.05. The molecule has 4 rings (SSSR count). The van der Waals surface area contributed by atoms with Crippen LogP contribution in [0.2, 0.25) is 0 Å². The van der Waals surface area contributed by atoms with Gasteiger partial charge in [0.25, 0.3) is 0 Å². The van der Waals surface area contributed by atoms with Gasteiger partial charge in [0, 0.05) is 18.9 Å². The Hall–Kier alpha value is -3.46. The minimum Gasteiger partial charge on any atom is -0.454 e. The van der Waals surface area contributed by atoms with Crippen LogP contribution in [0.5, 0.6) is 11.5 Å². The zero-order chi connectivity index (χ0) is 19.5. The summed E-state index contributed by atoms with van der Waals surface area (Å²) >= 11 is 0. The van der Waals surface area contributed by atoms with Gasteiger partial charge in [-0.3, -0.25) is 4.90 Å². The SMILES string of the molecule is COCCN1C(=O)N=C2C=CC=CC2/C1=N/C(=O)Nc1ccc2c(c1)OCO2. The molecule has 0 fully saturated rings. The Kier molecular flexibility index (Phi) is 4.90. The second kappa shape index (κ2) is 7.65. The summed E-state index contributed by atoms with van der Waals surface area (Å²) in [5.41, 5.74) is 1.06. The maximum atomic E-state index is 12.6. The number of hydrogen-bond donors (Lipinski definition) is 1. The van der Waals surface area contributed by atoms with E-state index < -0.39 is 12.1 Å². The van der Waals surface area contributed by atoms with Crippen molar-refractivity contribution in [3.05, 3.63) is 42.5 Å². The van der Waals surface area contributed by atoms with Gasteiger partial charge in [0.2, 0.25) is 6.79 Å². The van der Waals surface area contributed by atoms with Crippen molar-refractivity contribution < 1.29 is 23.8 Å². The number of rotatable bonds is 4. The number of amides is 4. The van der Waals surface area contributed by atoms with Crippen molar-refractivity contribution in [2.75, 3.05) is 32.4 Å². The molecule has 1 aliphatic carbocycles.